The maximum Gasteiger partial charge on any atom is 0.320 e. The van der Waals surface area contributed by atoms with Gasteiger partial charge >= 0.3 is 6.03 Å². The predicted molar refractivity (Wildman–Crippen MR) is 87.8 cm³/mol. The summed E-state index contributed by atoms with van der Waals surface area (Å²) in [5.74, 6) is -0.682. The summed E-state index contributed by atoms with van der Waals surface area (Å²) in [6.45, 7) is 0.946. The number of rotatable bonds is 5. The number of hydrogen-bond acceptors (Lipinski definition) is 3. The summed E-state index contributed by atoms with van der Waals surface area (Å²) in [6, 6.07) is 12.1. The molecule has 0 spiro atoms. The van der Waals surface area contributed by atoms with Crippen molar-refractivity contribution < 1.29 is 9.18 Å². The van der Waals surface area contributed by atoms with Crippen LogP contribution in [0, 0.1) is 5.82 Å². The summed E-state index contributed by atoms with van der Waals surface area (Å²) >= 11 is 0. The van der Waals surface area contributed by atoms with Crippen molar-refractivity contribution in [3.8, 4) is 0 Å². The molecule has 0 saturated heterocycles. The Labute approximate surface area is 138 Å². The van der Waals surface area contributed by atoms with Crippen molar-refractivity contribution in [2.75, 3.05) is 5.32 Å². The smallest absolute Gasteiger partial charge is 0.320 e. The van der Waals surface area contributed by atoms with Crippen LogP contribution in [0.4, 0.5) is 15.0 Å². The number of benzene rings is 1. The van der Waals surface area contributed by atoms with Gasteiger partial charge in [0.05, 0.1) is 12.7 Å². The molecule has 7 heteroatoms. The highest BCUT2D eigenvalue weighted by atomic mass is 19.1. The van der Waals surface area contributed by atoms with Gasteiger partial charge in [-0.2, -0.15) is 5.10 Å². The maximum atomic E-state index is 13.4. The molecule has 0 atom stereocenters. The van der Waals surface area contributed by atoms with Crippen LogP contribution in [0.15, 0.2) is 61.1 Å². The minimum absolute atomic E-state index is 0.102. The second kappa shape index (κ2) is 7.36. The van der Waals surface area contributed by atoms with Crippen molar-refractivity contribution in [3.05, 3.63) is 78.0 Å². The van der Waals surface area contributed by atoms with Crippen molar-refractivity contribution in [1.29, 1.82) is 0 Å². The first kappa shape index (κ1) is 15.7. The number of amides is 2. The second-order valence-electron chi connectivity index (χ2n) is 5.17. The lowest BCUT2D eigenvalue weighted by Crippen LogP contribution is -2.28. The van der Waals surface area contributed by atoms with Crippen LogP contribution in [-0.2, 0) is 13.1 Å². The molecule has 0 unspecified atom stereocenters. The number of aromatic nitrogens is 3. The molecule has 0 saturated carbocycles. The first-order valence-electron chi connectivity index (χ1n) is 7.41. The number of carbonyl (C=O) groups excluding carboxylic acids is 1. The van der Waals surface area contributed by atoms with Crippen LogP contribution in [0.2, 0.25) is 0 Å². The lowest BCUT2D eigenvalue weighted by atomic mass is 10.2. The van der Waals surface area contributed by atoms with Crippen molar-refractivity contribution in [1.82, 2.24) is 20.1 Å². The zero-order valence-corrected chi connectivity index (χ0v) is 12.8. The van der Waals surface area contributed by atoms with E-state index in [9.17, 15) is 9.18 Å². The van der Waals surface area contributed by atoms with Crippen LogP contribution >= 0.6 is 0 Å². The number of nitrogens with one attached hydrogen (secondary N) is 2. The van der Waals surface area contributed by atoms with E-state index < -0.39 is 11.8 Å². The molecule has 0 aliphatic carbocycles. The van der Waals surface area contributed by atoms with Gasteiger partial charge in [-0.1, -0.05) is 30.3 Å². The van der Waals surface area contributed by atoms with E-state index >= 15 is 0 Å². The standard InChI is InChI=1S/C17H16FN5O/c18-15-7-4-8-19-16(15)22-17(24)20-9-14-10-21-23(12-14)11-13-5-2-1-3-6-13/h1-8,10,12H,9,11H2,(H2,19,20,22,24). The van der Waals surface area contributed by atoms with E-state index in [-0.39, 0.29) is 12.4 Å². The van der Waals surface area contributed by atoms with Crippen LogP contribution < -0.4 is 10.6 Å². The van der Waals surface area contributed by atoms with E-state index in [0.29, 0.717) is 6.54 Å². The molecule has 2 heterocycles. The lowest BCUT2D eigenvalue weighted by Gasteiger charge is -2.06. The number of halogens is 1. The summed E-state index contributed by atoms with van der Waals surface area (Å²) in [4.78, 5) is 15.5. The van der Waals surface area contributed by atoms with Crippen LogP contribution in [0.5, 0.6) is 0 Å². The molecule has 2 amide bonds. The minimum atomic E-state index is -0.580. The highest BCUT2D eigenvalue weighted by molar-refractivity contribution is 5.88. The normalized spacial score (nSPS) is 10.4. The number of carbonyl (C=O) groups is 1. The van der Waals surface area contributed by atoms with Gasteiger partial charge in [-0.05, 0) is 17.7 Å². The van der Waals surface area contributed by atoms with E-state index in [4.69, 9.17) is 0 Å². The van der Waals surface area contributed by atoms with E-state index in [2.05, 4.69) is 20.7 Å². The monoisotopic (exact) mass is 325 g/mol. The largest absolute Gasteiger partial charge is 0.334 e. The highest BCUT2D eigenvalue weighted by Crippen LogP contribution is 2.08. The molecule has 3 rings (SSSR count). The van der Waals surface area contributed by atoms with Crippen LogP contribution in [-0.4, -0.2) is 20.8 Å². The quantitative estimate of drug-likeness (QED) is 0.758. The van der Waals surface area contributed by atoms with Gasteiger partial charge in [-0.3, -0.25) is 10.00 Å². The summed E-state index contributed by atoms with van der Waals surface area (Å²) in [6.07, 6.45) is 4.95. The van der Waals surface area contributed by atoms with Crippen molar-refractivity contribution in [2.24, 2.45) is 0 Å². The molecule has 0 aliphatic heterocycles. The molecule has 0 radical (unpaired) electrons. The van der Waals surface area contributed by atoms with Crippen molar-refractivity contribution in [2.45, 2.75) is 13.1 Å². The minimum Gasteiger partial charge on any atom is -0.334 e. The fraction of sp³-hybridized carbons (Fsp3) is 0.118. The van der Waals surface area contributed by atoms with Gasteiger partial charge in [0.2, 0.25) is 0 Å². The maximum absolute atomic E-state index is 13.4. The number of urea groups is 1. The Balaban J connectivity index is 1.52. The summed E-state index contributed by atoms with van der Waals surface area (Å²) in [5.41, 5.74) is 1.99. The van der Waals surface area contributed by atoms with Crippen LogP contribution in [0.3, 0.4) is 0 Å². The zero-order valence-electron chi connectivity index (χ0n) is 12.8. The van der Waals surface area contributed by atoms with Gasteiger partial charge in [0.25, 0.3) is 0 Å². The summed E-state index contributed by atoms with van der Waals surface area (Å²) in [5, 5.41) is 9.27. The lowest BCUT2D eigenvalue weighted by molar-refractivity contribution is 0.251. The molecule has 6 nitrogen and oxygen atoms in total. The third-order valence-corrected chi connectivity index (χ3v) is 3.32. The fourth-order valence-electron chi connectivity index (χ4n) is 2.17. The third kappa shape index (κ3) is 4.16. The molecule has 2 N–H and O–H groups in total. The molecule has 2 aromatic heterocycles. The Hall–Kier alpha value is -3.22. The molecule has 24 heavy (non-hydrogen) atoms. The van der Waals surface area contributed by atoms with Gasteiger partial charge in [-0.25, -0.2) is 14.2 Å². The Morgan fingerprint density at radius 1 is 1.12 bits per heavy atom. The molecule has 0 bridgehead atoms. The number of pyridine rings is 1. The molecular weight excluding hydrogens is 309 g/mol. The topological polar surface area (TPSA) is 71.8 Å². The third-order valence-electron chi connectivity index (χ3n) is 3.32. The van der Waals surface area contributed by atoms with Crippen molar-refractivity contribution >= 4 is 11.8 Å². The molecule has 1 aromatic carbocycles. The number of anilines is 1. The predicted octanol–water partition coefficient (Wildman–Crippen LogP) is 2.79. The van der Waals surface area contributed by atoms with Gasteiger partial charge < -0.3 is 5.32 Å². The Bertz CT molecular complexity index is 819. The molecular formula is C17H16FN5O. The average molecular weight is 325 g/mol. The molecule has 3 aromatic rings. The number of nitrogens with zero attached hydrogens (tertiary/aromatic N) is 3. The van der Waals surface area contributed by atoms with Gasteiger partial charge in [0.15, 0.2) is 11.6 Å². The Kier molecular flexibility index (Phi) is 4.81. The summed E-state index contributed by atoms with van der Waals surface area (Å²) < 4.78 is 15.2. The van der Waals surface area contributed by atoms with Gasteiger partial charge in [0.1, 0.15) is 0 Å². The Morgan fingerprint density at radius 3 is 2.75 bits per heavy atom. The molecule has 122 valence electrons. The highest BCUT2D eigenvalue weighted by Gasteiger charge is 2.07. The van der Waals surface area contributed by atoms with E-state index in [1.807, 2.05) is 36.5 Å². The molecule has 0 aliphatic rings. The summed E-state index contributed by atoms with van der Waals surface area (Å²) in [7, 11) is 0. The fourth-order valence-corrected chi connectivity index (χ4v) is 2.17. The zero-order chi connectivity index (χ0) is 16.8. The Morgan fingerprint density at radius 2 is 1.96 bits per heavy atom. The van der Waals surface area contributed by atoms with Crippen molar-refractivity contribution in [3.63, 3.8) is 0 Å². The van der Waals surface area contributed by atoms with Gasteiger partial charge in [0, 0.05) is 24.5 Å². The van der Waals surface area contributed by atoms with E-state index in [0.717, 1.165) is 11.1 Å². The second-order valence-corrected chi connectivity index (χ2v) is 5.17. The van der Waals surface area contributed by atoms with Gasteiger partial charge in [-0.15, -0.1) is 0 Å². The van der Waals surface area contributed by atoms with Crippen LogP contribution in [0.1, 0.15) is 11.1 Å². The average Bonchev–Trinajstić information content (AvgIpc) is 3.03. The first-order valence-corrected chi connectivity index (χ1v) is 7.41. The number of hydrogen-bond donors (Lipinski definition) is 2. The first-order chi connectivity index (χ1) is 11.7. The SMILES string of the molecule is O=C(NCc1cnn(Cc2ccccc2)c1)Nc1ncccc1F. The van der Waals surface area contributed by atoms with E-state index in [1.165, 1.54) is 18.3 Å². The van der Waals surface area contributed by atoms with E-state index in [1.54, 1.807) is 10.9 Å². The van der Waals surface area contributed by atoms with Crippen LogP contribution in [0.25, 0.3) is 0 Å². The molecule has 0 fully saturated rings.